The molecular weight excluding hydrogens is 409 g/mol. The molecule has 0 unspecified atom stereocenters. The van der Waals surface area contributed by atoms with Crippen molar-refractivity contribution in [3.05, 3.63) is 43.7 Å². The molecule has 0 fully saturated rings. The van der Waals surface area contributed by atoms with Crippen LogP contribution in [0, 0.1) is 10.5 Å². The van der Waals surface area contributed by atoms with Gasteiger partial charge in [0.05, 0.1) is 5.69 Å². The summed E-state index contributed by atoms with van der Waals surface area (Å²) in [6, 6.07) is 7.53. The minimum atomic E-state index is -0.207. The lowest BCUT2D eigenvalue weighted by atomic mass is 10.3. The van der Waals surface area contributed by atoms with Crippen molar-refractivity contribution in [2.24, 2.45) is 7.05 Å². The van der Waals surface area contributed by atoms with E-state index in [9.17, 15) is 4.79 Å². The highest BCUT2D eigenvalue weighted by molar-refractivity contribution is 14.1. The van der Waals surface area contributed by atoms with Crippen molar-refractivity contribution >= 4 is 50.1 Å². The Morgan fingerprint density at radius 1 is 1.44 bits per heavy atom. The summed E-state index contributed by atoms with van der Waals surface area (Å²) in [7, 11) is 1.81. The maximum Gasteiger partial charge on any atom is 0.276 e. The molecule has 1 aromatic heterocycles. The fourth-order valence-corrected chi connectivity index (χ4v) is 2.29. The Hall–Kier alpha value is -0.890. The summed E-state index contributed by atoms with van der Waals surface area (Å²) in [6.45, 7) is 1.91. The van der Waals surface area contributed by atoms with Gasteiger partial charge in [-0.05, 0) is 69.7 Å². The zero-order valence-corrected chi connectivity index (χ0v) is 13.6. The van der Waals surface area contributed by atoms with Crippen molar-refractivity contribution in [2.45, 2.75) is 6.92 Å². The Morgan fingerprint density at radius 3 is 2.78 bits per heavy atom. The maximum absolute atomic E-state index is 12.0. The van der Waals surface area contributed by atoms with Crippen molar-refractivity contribution in [1.29, 1.82) is 0 Å². The molecule has 0 aliphatic rings. The molecule has 2 aromatic rings. The zero-order chi connectivity index (χ0) is 13.3. The molecular formula is C12H11BrIN3O. The molecule has 0 atom stereocenters. The third kappa shape index (κ3) is 2.92. The fourth-order valence-electron chi connectivity index (χ4n) is 1.45. The van der Waals surface area contributed by atoms with Crippen molar-refractivity contribution in [3.8, 4) is 0 Å². The third-order valence-electron chi connectivity index (χ3n) is 2.52. The molecule has 0 saturated carbocycles. The van der Waals surface area contributed by atoms with Crippen molar-refractivity contribution in [1.82, 2.24) is 9.78 Å². The van der Waals surface area contributed by atoms with Gasteiger partial charge in [-0.3, -0.25) is 9.48 Å². The number of nitrogens with one attached hydrogen (secondary N) is 1. The first-order chi connectivity index (χ1) is 8.47. The van der Waals surface area contributed by atoms with E-state index in [0.29, 0.717) is 5.69 Å². The Morgan fingerprint density at radius 2 is 2.17 bits per heavy atom. The number of benzene rings is 1. The Labute approximate surface area is 127 Å². The quantitative estimate of drug-likeness (QED) is 0.759. The molecule has 94 valence electrons. The fraction of sp³-hybridized carbons (Fsp3) is 0.167. The topological polar surface area (TPSA) is 46.9 Å². The molecule has 1 N–H and O–H groups in total. The lowest BCUT2D eigenvalue weighted by Gasteiger charge is -2.06. The Bertz CT molecular complexity index is 590. The van der Waals surface area contributed by atoms with Gasteiger partial charge in [0.15, 0.2) is 5.69 Å². The van der Waals surface area contributed by atoms with E-state index in [0.717, 1.165) is 19.4 Å². The summed E-state index contributed by atoms with van der Waals surface area (Å²) in [6.07, 6.45) is 0. The van der Waals surface area contributed by atoms with Crippen molar-refractivity contribution in [2.75, 3.05) is 5.32 Å². The van der Waals surface area contributed by atoms with Gasteiger partial charge in [0.25, 0.3) is 5.91 Å². The van der Waals surface area contributed by atoms with E-state index in [2.05, 4.69) is 48.9 Å². The van der Waals surface area contributed by atoms with E-state index in [4.69, 9.17) is 0 Å². The van der Waals surface area contributed by atoms with Gasteiger partial charge in [0.1, 0.15) is 0 Å². The minimum Gasteiger partial charge on any atom is -0.320 e. The van der Waals surface area contributed by atoms with Gasteiger partial charge in [0.2, 0.25) is 0 Å². The highest BCUT2D eigenvalue weighted by Gasteiger charge is 2.12. The van der Waals surface area contributed by atoms with Crippen molar-refractivity contribution in [3.63, 3.8) is 0 Å². The summed E-state index contributed by atoms with van der Waals surface area (Å²) >= 11 is 5.61. The first kappa shape index (κ1) is 13.5. The summed E-state index contributed by atoms with van der Waals surface area (Å²) in [5.74, 6) is -0.207. The first-order valence-corrected chi connectivity index (χ1v) is 7.11. The van der Waals surface area contributed by atoms with Gasteiger partial charge in [-0.2, -0.15) is 5.10 Å². The molecule has 1 heterocycles. The van der Waals surface area contributed by atoms with Crippen molar-refractivity contribution < 1.29 is 4.79 Å². The number of aryl methyl sites for hydroxylation is 2. The molecule has 0 spiro atoms. The molecule has 0 radical (unpaired) electrons. The lowest BCUT2D eigenvalue weighted by molar-refractivity contribution is 0.102. The summed E-state index contributed by atoms with van der Waals surface area (Å²) in [4.78, 5) is 12.0. The molecule has 6 heteroatoms. The predicted molar refractivity (Wildman–Crippen MR) is 82.8 cm³/mol. The number of aromatic nitrogens is 2. The lowest BCUT2D eigenvalue weighted by Crippen LogP contribution is -2.13. The minimum absolute atomic E-state index is 0.207. The summed E-state index contributed by atoms with van der Waals surface area (Å²) in [5.41, 5.74) is 2.11. The van der Waals surface area contributed by atoms with Gasteiger partial charge < -0.3 is 5.32 Å². The van der Waals surface area contributed by atoms with E-state index in [1.54, 1.807) is 10.7 Å². The molecule has 2 rings (SSSR count). The SMILES string of the molecule is Cc1cc(C(=O)Nc2cc(I)ccc2Br)nn1C. The van der Waals surface area contributed by atoms with Gasteiger partial charge in [-0.1, -0.05) is 0 Å². The van der Waals surface area contributed by atoms with Gasteiger partial charge in [0, 0.05) is 20.8 Å². The molecule has 18 heavy (non-hydrogen) atoms. The zero-order valence-electron chi connectivity index (χ0n) is 9.87. The van der Waals surface area contributed by atoms with Crippen LogP contribution < -0.4 is 5.32 Å². The molecule has 0 saturated heterocycles. The number of anilines is 1. The van der Waals surface area contributed by atoms with E-state index >= 15 is 0 Å². The Kier molecular flexibility index (Phi) is 4.06. The number of halogens is 2. The average molecular weight is 420 g/mol. The Balaban J connectivity index is 2.23. The molecule has 4 nitrogen and oxygen atoms in total. The van der Waals surface area contributed by atoms with Crippen LogP contribution in [0.2, 0.25) is 0 Å². The number of nitrogens with zero attached hydrogens (tertiary/aromatic N) is 2. The highest BCUT2D eigenvalue weighted by atomic mass is 127. The normalized spacial score (nSPS) is 10.4. The second-order valence-electron chi connectivity index (χ2n) is 3.87. The van der Waals surface area contributed by atoms with Gasteiger partial charge in [-0.15, -0.1) is 0 Å². The van der Waals surface area contributed by atoms with E-state index in [1.165, 1.54) is 0 Å². The van der Waals surface area contributed by atoms with Crippen LogP contribution in [-0.2, 0) is 7.05 Å². The van der Waals surface area contributed by atoms with Gasteiger partial charge >= 0.3 is 0 Å². The van der Waals surface area contributed by atoms with Crippen LogP contribution in [0.1, 0.15) is 16.2 Å². The number of carbonyl (C=O) groups excluding carboxylic acids is 1. The number of carbonyl (C=O) groups is 1. The second-order valence-corrected chi connectivity index (χ2v) is 5.97. The number of amides is 1. The van der Waals surface area contributed by atoms with Crippen LogP contribution in [0.5, 0.6) is 0 Å². The maximum atomic E-state index is 12.0. The monoisotopic (exact) mass is 419 g/mol. The van der Waals surface area contributed by atoms with Crippen LogP contribution in [0.4, 0.5) is 5.69 Å². The van der Waals surface area contributed by atoms with Gasteiger partial charge in [-0.25, -0.2) is 0 Å². The van der Waals surface area contributed by atoms with Crippen LogP contribution in [-0.4, -0.2) is 15.7 Å². The standard InChI is InChI=1S/C12H11BrIN3O/c1-7-5-11(16-17(7)2)12(18)15-10-6-8(14)3-4-9(10)13/h3-6H,1-2H3,(H,15,18). The molecule has 1 amide bonds. The van der Waals surface area contributed by atoms with E-state index in [1.807, 2.05) is 32.2 Å². The smallest absolute Gasteiger partial charge is 0.276 e. The number of rotatable bonds is 2. The molecule has 1 aromatic carbocycles. The molecule has 0 aliphatic heterocycles. The predicted octanol–water partition coefficient (Wildman–Crippen LogP) is 3.35. The third-order valence-corrected chi connectivity index (χ3v) is 3.89. The van der Waals surface area contributed by atoms with Crippen LogP contribution in [0.15, 0.2) is 28.7 Å². The van der Waals surface area contributed by atoms with Crippen LogP contribution in [0.3, 0.4) is 0 Å². The summed E-state index contributed by atoms with van der Waals surface area (Å²) < 4.78 is 3.59. The van der Waals surface area contributed by atoms with E-state index in [-0.39, 0.29) is 5.91 Å². The van der Waals surface area contributed by atoms with E-state index < -0.39 is 0 Å². The van der Waals surface area contributed by atoms with Crippen LogP contribution >= 0.6 is 38.5 Å². The number of hydrogen-bond acceptors (Lipinski definition) is 2. The highest BCUT2D eigenvalue weighted by Crippen LogP contribution is 2.24. The molecule has 0 bridgehead atoms. The van der Waals surface area contributed by atoms with Crippen LogP contribution in [0.25, 0.3) is 0 Å². The molecule has 0 aliphatic carbocycles. The first-order valence-electron chi connectivity index (χ1n) is 5.24. The summed E-state index contributed by atoms with van der Waals surface area (Å²) in [5, 5.41) is 6.99. The second kappa shape index (κ2) is 5.40. The average Bonchev–Trinajstić information content (AvgIpc) is 2.64. The number of hydrogen-bond donors (Lipinski definition) is 1. The largest absolute Gasteiger partial charge is 0.320 e.